The van der Waals surface area contributed by atoms with Crippen molar-refractivity contribution in [2.45, 2.75) is 31.9 Å². The summed E-state index contributed by atoms with van der Waals surface area (Å²) in [6, 6.07) is 5.65. The Balaban J connectivity index is 1.54. The zero-order valence-corrected chi connectivity index (χ0v) is 18.0. The molecule has 5 rings (SSSR count). The summed E-state index contributed by atoms with van der Waals surface area (Å²) in [6.45, 7) is 2.65. The van der Waals surface area contributed by atoms with Gasteiger partial charge in [0.15, 0.2) is 0 Å². The fourth-order valence-electron chi connectivity index (χ4n) is 3.69. The first kappa shape index (κ1) is 20.5. The number of hydrogen-bond donors (Lipinski definition) is 1. The van der Waals surface area contributed by atoms with E-state index in [0.717, 1.165) is 24.2 Å². The van der Waals surface area contributed by atoms with Gasteiger partial charge in [-0.1, -0.05) is 6.07 Å². The molecule has 1 amide bonds. The zero-order chi connectivity index (χ0) is 22.2. The second-order valence-corrected chi connectivity index (χ2v) is 8.28. The summed E-state index contributed by atoms with van der Waals surface area (Å²) in [5.74, 6) is -1.27. The molecule has 0 bridgehead atoms. The van der Waals surface area contributed by atoms with E-state index in [-0.39, 0.29) is 23.4 Å². The number of thiazole rings is 1. The molecule has 0 aromatic carbocycles. The number of hydrogen-bond acceptors (Lipinski definition) is 7. The van der Waals surface area contributed by atoms with Gasteiger partial charge in [-0.2, -0.15) is 14.6 Å². The van der Waals surface area contributed by atoms with Crippen molar-refractivity contribution in [3.8, 4) is 27.6 Å². The van der Waals surface area contributed by atoms with Crippen LogP contribution >= 0.6 is 11.3 Å². The third-order valence-electron chi connectivity index (χ3n) is 5.39. The molecule has 1 aliphatic rings. The Morgan fingerprint density at radius 1 is 1.38 bits per heavy atom. The zero-order valence-electron chi connectivity index (χ0n) is 17.2. The molecule has 0 aliphatic heterocycles. The highest BCUT2D eigenvalue weighted by Crippen LogP contribution is 2.37. The van der Waals surface area contributed by atoms with Crippen LogP contribution in [-0.2, 0) is 4.74 Å². The molecule has 0 unspecified atom stereocenters. The molecule has 1 saturated carbocycles. The number of halogens is 1. The monoisotopic (exact) mass is 453 g/mol. The lowest BCUT2D eigenvalue weighted by Crippen LogP contribution is -2.33. The maximum Gasteiger partial charge on any atom is 0.268 e. The molecular formula is C21H20FN7O2S. The largest absolute Gasteiger partial charge is 0.378 e. The molecule has 0 saturated heterocycles. The van der Waals surface area contributed by atoms with Gasteiger partial charge in [0.25, 0.3) is 5.91 Å². The molecule has 1 fully saturated rings. The molecule has 9 nitrogen and oxygen atoms in total. The van der Waals surface area contributed by atoms with E-state index >= 15 is 4.39 Å². The van der Waals surface area contributed by atoms with E-state index in [0.29, 0.717) is 28.7 Å². The van der Waals surface area contributed by atoms with E-state index < -0.39 is 11.9 Å². The van der Waals surface area contributed by atoms with Crippen molar-refractivity contribution in [2.24, 2.45) is 5.73 Å². The number of pyridine rings is 1. The van der Waals surface area contributed by atoms with Crippen LogP contribution in [0.5, 0.6) is 0 Å². The van der Waals surface area contributed by atoms with E-state index in [9.17, 15) is 4.79 Å². The normalized spacial score (nSPS) is 17.9. The summed E-state index contributed by atoms with van der Waals surface area (Å²) in [6.07, 6.45) is 6.74. The average molecular weight is 454 g/mol. The summed E-state index contributed by atoms with van der Waals surface area (Å²) >= 11 is 1.13. The van der Waals surface area contributed by atoms with Crippen molar-refractivity contribution in [3.05, 3.63) is 53.8 Å². The van der Waals surface area contributed by atoms with Crippen molar-refractivity contribution in [1.29, 1.82) is 0 Å². The minimum absolute atomic E-state index is 0.0907. The second-order valence-electron chi connectivity index (χ2n) is 7.42. The van der Waals surface area contributed by atoms with Crippen LogP contribution in [0.3, 0.4) is 0 Å². The molecule has 0 atom stereocenters. The summed E-state index contributed by atoms with van der Waals surface area (Å²) in [7, 11) is 0. The van der Waals surface area contributed by atoms with Crippen molar-refractivity contribution >= 4 is 17.2 Å². The molecule has 4 heterocycles. The van der Waals surface area contributed by atoms with Crippen LogP contribution in [0.15, 0.2) is 42.2 Å². The number of carbonyl (C=O) groups is 1. The number of rotatable bonds is 7. The molecule has 32 heavy (non-hydrogen) atoms. The van der Waals surface area contributed by atoms with Crippen molar-refractivity contribution in [3.63, 3.8) is 0 Å². The topological polar surface area (TPSA) is 114 Å². The molecule has 1 aliphatic carbocycles. The van der Waals surface area contributed by atoms with Gasteiger partial charge >= 0.3 is 0 Å². The third-order valence-corrected chi connectivity index (χ3v) is 6.27. The molecule has 4 aromatic rings. The lowest BCUT2D eigenvalue weighted by Gasteiger charge is -2.34. The Morgan fingerprint density at radius 2 is 2.22 bits per heavy atom. The van der Waals surface area contributed by atoms with Crippen LogP contribution in [0, 0.1) is 5.95 Å². The van der Waals surface area contributed by atoms with Gasteiger partial charge in [0, 0.05) is 18.2 Å². The van der Waals surface area contributed by atoms with Gasteiger partial charge in [0.2, 0.25) is 5.95 Å². The van der Waals surface area contributed by atoms with Crippen LogP contribution in [0.25, 0.3) is 27.6 Å². The number of primary amides is 1. The van der Waals surface area contributed by atoms with Crippen LogP contribution < -0.4 is 5.73 Å². The minimum Gasteiger partial charge on any atom is -0.378 e. The van der Waals surface area contributed by atoms with Gasteiger partial charge in [0.05, 0.1) is 35.8 Å². The summed E-state index contributed by atoms with van der Waals surface area (Å²) in [5, 5.41) is 10.8. The van der Waals surface area contributed by atoms with E-state index in [2.05, 4.69) is 15.1 Å². The second kappa shape index (κ2) is 8.24. The number of ether oxygens (including phenoxy) is 1. The fourth-order valence-corrected chi connectivity index (χ4v) is 4.50. The van der Waals surface area contributed by atoms with Crippen LogP contribution in [-0.4, -0.2) is 48.1 Å². The highest BCUT2D eigenvalue weighted by atomic mass is 32.1. The quantitative estimate of drug-likeness (QED) is 0.460. The van der Waals surface area contributed by atoms with Gasteiger partial charge < -0.3 is 10.5 Å². The Kier molecular flexibility index (Phi) is 5.27. The molecule has 0 spiro atoms. The van der Waals surface area contributed by atoms with Gasteiger partial charge in [-0.15, -0.1) is 11.3 Å². The fraction of sp³-hybridized carbons (Fsp3) is 0.286. The standard InChI is InChI=1S/C21H20FN7O2S/c1-2-31-13-7-12(8-13)28-10-17(18(27-28)15-5-3-4-6-24-15)29-19(22)14(9-25-29)21-26-16(11-32-21)20(23)30/h3-6,9-13H,2,7-8H2,1H3,(H2,23,30). The Bertz CT molecular complexity index is 1260. The summed E-state index contributed by atoms with van der Waals surface area (Å²) < 4.78 is 24.1. The first-order chi connectivity index (χ1) is 15.5. The van der Waals surface area contributed by atoms with Crippen LogP contribution in [0.4, 0.5) is 4.39 Å². The van der Waals surface area contributed by atoms with E-state index in [1.807, 2.05) is 29.8 Å². The number of aromatic nitrogens is 6. The summed E-state index contributed by atoms with van der Waals surface area (Å²) in [4.78, 5) is 19.8. The first-order valence-corrected chi connectivity index (χ1v) is 11.0. The SMILES string of the molecule is CCOC1CC(n2cc(-n3ncc(-c4nc(C(N)=O)cs4)c3F)c(-c3ccccn3)n2)C1. The highest BCUT2D eigenvalue weighted by molar-refractivity contribution is 7.13. The van der Waals surface area contributed by atoms with Gasteiger partial charge in [-0.05, 0) is 31.9 Å². The maximum atomic E-state index is 15.5. The molecule has 11 heteroatoms. The van der Waals surface area contributed by atoms with Gasteiger partial charge in [0.1, 0.15) is 22.1 Å². The third kappa shape index (κ3) is 3.59. The van der Waals surface area contributed by atoms with E-state index in [1.165, 1.54) is 16.3 Å². The molecule has 164 valence electrons. The summed E-state index contributed by atoms with van der Waals surface area (Å²) in [5.41, 5.74) is 7.15. The number of amides is 1. The van der Waals surface area contributed by atoms with Crippen LogP contribution in [0.1, 0.15) is 36.3 Å². The maximum absolute atomic E-state index is 15.5. The van der Waals surface area contributed by atoms with E-state index in [1.54, 1.807) is 12.4 Å². The van der Waals surface area contributed by atoms with E-state index in [4.69, 9.17) is 15.6 Å². The minimum atomic E-state index is -0.662. The average Bonchev–Trinajstić information content (AvgIpc) is 3.49. The Hall–Kier alpha value is -3.44. The highest BCUT2D eigenvalue weighted by Gasteiger charge is 2.33. The number of nitrogens with two attached hydrogens (primary N) is 1. The smallest absolute Gasteiger partial charge is 0.268 e. The van der Waals surface area contributed by atoms with Crippen molar-refractivity contribution in [1.82, 2.24) is 29.5 Å². The number of carbonyl (C=O) groups excluding carboxylic acids is 1. The van der Waals surface area contributed by atoms with Crippen molar-refractivity contribution in [2.75, 3.05) is 6.61 Å². The molecular weight excluding hydrogens is 433 g/mol. The lowest BCUT2D eigenvalue weighted by atomic mass is 9.89. The Labute approximate surface area is 186 Å². The van der Waals surface area contributed by atoms with Gasteiger partial charge in [-0.3, -0.25) is 14.5 Å². The molecule has 0 radical (unpaired) electrons. The number of nitrogens with zero attached hydrogens (tertiary/aromatic N) is 6. The Morgan fingerprint density at radius 3 is 2.91 bits per heavy atom. The van der Waals surface area contributed by atoms with Gasteiger partial charge in [-0.25, -0.2) is 9.67 Å². The van der Waals surface area contributed by atoms with Crippen molar-refractivity contribution < 1.29 is 13.9 Å². The molecule has 4 aromatic heterocycles. The predicted octanol–water partition coefficient (Wildman–Crippen LogP) is 3.23. The predicted molar refractivity (Wildman–Crippen MR) is 116 cm³/mol. The first-order valence-electron chi connectivity index (χ1n) is 10.2. The molecule has 2 N–H and O–H groups in total. The lowest BCUT2D eigenvalue weighted by molar-refractivity contribution is -0.0226. The van der Waals surface area contributed by atoms with Crippen LogP contribution in [0.2, 0.25) is 0 Å².